The Bertz CT molecular complexity index is 489. The quantitative estimate of drug-likeness (QED) is 0.787. The molecule has 0 radical (unpaired) electrons. The standard InChI is InChI=1S/C14H16N2O/c1-12-3-2-4-13(9-12)5-6-14(17)10-16-8-7-15-11-16/h2-4,7-9,11H,5-6,10H2,1H3. The molecule has 0 unspecified atom stereocenters. The van der Waals surface area contributed by atoms with E-state index in [1.807, 2.05) is 12.3 Å². The van der Waals surface area contributed by atoms with Crippen LogP contribution in [0.2, 0.25) is 0 Å². The molecule has 0 aliphatic rings. The summed E-state index contributed by atoms with van der Waals surface area (Å²) in [6.45, 7) is 2.49. The van der Waals surface area contributed by atoms with Crippen molar-refractivity contribution in [3.63, 3.8) is 0 Å². The molecule has 17 heavy (non-hydrogen) atoms. The number of Topliss-reactive ketones (excluding diaryl/α,β-unsaturated/α-hetero) is 1. The number of carbonyl (C=O) groups excluding carboxylic acids is 1. The van der Waals surface area contributed by atoms with Gasteiger partial charge < -0.3 is 4.57 Å². The Morgan fingerprint density at radius 3 is 3.00 bits per heavy atom. The van der Waals surface area contributed by atoms with Crippen LogP contribution in [-0.2, 0) is 17.8 Å². The number of aromatic nitrogens is 2. The molecule has 1 aromatic carbocycles. The van der Waals surface area contributed by atoms with Gasteiger partial charge in [-0.2, -0.15) is 0 Å². The molecule has 0 saturated carbocycles. The van der Waals surface area contributed by atoms with Gasteiger partial charge in [-0.15, -0.1) is 0 Å². The predicted octanol–water partition coefficient (Wildman–Crippen LogP) is 2.39. The zero-order valence-electron chi connectivity index (χ0n) is 9.97. The van der Waals surface area contributed by atoms with E-state index in [9.17, 15) is 4.79 Å². The Morgan fingerprint density at radius 2 is 2.29 bits per heavy atom. The third-order valence-corrected chi connectivity index (χ3v) is 2.69. The molecule has 1 aromatic heterocycles. The van der Waals surface area contributed by atoms with Crippen LogP contribution in [0.4, 0.5) is 0 Å². The van der Waals surface area contributed by atoms with Crippen molar-refractivity contribution in [2.45, 2.75) is 26.3 Å². The fourth-order valence-corrected chi connectivity index (χ4v) is 1.81. The van der Waals surface area contributed by atoms with Crippen molar-refractivity contribution in [1.29, 1.82) is 0 Å². The van der Waals surface area contributed by atoms with Gasteiger partial charge in [0.2, 0.25) is 0 Å². The molecule has 0 N–H and O–H groups in total. The summed E-state index contributed by atoms with van der Waals surface area (Å²) in [6.07, 6.45) is 6.57. The van der Waals surface area contributed by atoms with Gasteiger partial charge in [-0.3, -0.25) is 4.79 Å². The van der Waals surface area contributed by atoms with Crippen molar-refractivity contribution < 1.29 is 4.79 Å². The smallest absolute Gasteiger partial charge is 0.152 e. The van der Waals surface area contributed by atoms with Crippen molar-refractivity contribution in [3.05, 3.63) is 54.1 Å². The van der Waals surface area contributed by atoms with Crippen LogP contribution in [0.1, 0.15) is 17.5 Å². The minimum atomic E-state index is 0.240. The van der Waals surface area contributed by atoms with E-state index in [1.54, 1.807) is 17.1 Å². The van der Waals surface area contributed by atoms with Gasteiger partial charge in [0.05, 0.1) is 12.9 Å². The van der Waals surface area contributed by atoms with E-state index in [-0.39, 0.29) is 5.78 Å². The molecular weight excluding hydrogens is 212 g/mol. The highest BCUT2D eigenvalue weighted by Gasteiger charge is 2.03. The van der Waals surface area contributed by atoms with Gasteiger partial charge >= 0.3 is 0 Å². The topological polar surface area (TPSA) is 34.9 Å². The van der Waals surface area contributed by atoms with Gasteiger partial charge in [0.1, 0.15) is 0 Å². The number of nitrogens with zero attached hydrogens (tertiary/aromatic N) is 2. The molecule has 0 fully saturated rings. The minimum Gasteiger partial charge on any atom is -0.330 e. The number of benzene rings is 1. The maximum absolute atomic E-state index is 11.7. The minimum absolute atomic E-state index is 0.240. The second-order valence-electron chi connectivity index (χ2n) is 4.26. The first kappa shape index (κ1) is 11.6. The summed E-state index contributed by atoms with van der Waals surface area (Å²) >= 11 is 0. The fourth-order valence-electron chi connectivity index (χ4n) is 1.81. The monoisotopic (exact) mass is 228 g/mol. The lowest BCUT2D eigenvalue weighted by Gasteiger charge is -2.03. The first-order chi connectivity index (χ1) is 8.24. The first-order valence-corrected chi connectivity index (χ1v) is 5.77. The highest BCUT2D eigenvalue weighted by molar-refractivity contribution is 5.78. The second kappa shape index (κ2) is 5.43. The molecule has 1 heterocycles. The summed E-state index contributed by atoms with van der Waals surface area (Å²) in [4.78, 5) is 15.6. The molecule has 2 rings (SSSR count). The largest absolute Gasteiger partial charge is 0.330 e. The number of ketones is 1. The molecule has 0 atom stereocenters. The predicted molar refractivity (Wildman–Crippen MR) is 66.7 cm³/mol. The lowest BCUT2D eigenvalue weighted by Crippen LogP contribution is -2.09. The zero-order valence-corrected chi connectivity index (χ0v) is 9.97. The zero-order chi connectivity index (χ0) is 12.1. The SMILES string of the molecule is Cc1cccc(CCC(=O)Cn2ccnc2)c1. The average molecular weight is 228 g/mol. The van der Waals surface area contributed by atoms with E-state index in [4.69, 9.17) is 0 Å². The normalized spacial score (nSPS) is 10.4. The Balaban J connectivity index is 1.84. The summed E-state index contributed by atoms with van der Waals surface area (Å²) in [5.41, 5.74) is 2.47. The summed E-state index contributed by atoms with van der Waals surface area (Å²) in [5.74, 6) is 0.240. The van der Waals surface area contributed by atoms with Crippen molar-refractivity contribution in [2.75, 3.05) is 0 Å². The number of aryl methyl sites for hydroxylation is 2. The Morgan fingerprint density at radius 1 is 1.41 bits per heavy atom. The fraction of sp³-hybridized carbons (Fsp3) is 0.286. The van der Waals surface area contributed by atoms with Gasteiger partial charge in [0.25, 0.3) is 0 Å². The molecule has 0 aliphatic carbocycles. The molecule has 88 valence electrons. The van der Waals surface area contributed by atoms with Gasteiger partial charge in [-0.05, 0) is 18.9 Å². The molecule has 3 heteroatoms. The number of hydrogen-bond acceptors (Lipinski definition) is 2. The summed E-state index contributed by atoms with van der Waals surface area (Å²) in [5, 5.41) is 0. The van der Waals surface area contributed by atoms with Crippen LogP contribution in [-0.4, -0.2) is 15.3 Å². The molecule has 0 saturated heterocycles. The van der Waals surface area contributed by atoms with Crippen LogP contribution in [0.15, 0.2) is 43.0 Å². The molecule has 2 aromatic rings. The van der Waals surface area contributed by atoms with E-state index in [0.717, 1.165) is 6.42 Å². The van der Waals surface area contributed by atoms with Crippen LogP contribution >= 0.6 is 0 Å². The third kappa shape index (κ3) is 3.55. The third-order valence-electron chi connectivity index (χ3n) is 2.69. The Kier molecular flexibility index (Phi) is 3.70. The van der Waals surface area contributed by atoms with Crippen LogP contribution < -0.4 is 0 Å². The first-order valence-electron chi connectivity index (χ1n) is 5.77. The van der Waals surface area contributed by atoms with Gasteiger partial charge in [0, 0.05) is 18.8 Å². The van der Waals surface area contributed by atoms with Crippen molar-refractivity contribution in [2.24, 2.45) is 0 Å². The van der Waals surface area contributed by atoms with Crippen molar-refractivity contribution in [3.8, 4) is 0 Å². The molecular formula is C14H16N2O. The highest BCUT2D eigenvalue weighted by Crippen LogP contribution is 2.07. The van der Waals surface area contributed by atoms with E-state index in [2.05, 4.69) is 30.1 Å². The van der Waals surface area contributed by atoms with E-state index < -0.39 is 0 Å². The number of imidazole rings is 1. The summed E-state index contributed by atoms with van der Waals surface area (Å²) in [7, 11) is 0. The molecule has 0 amide bonds. The number of rotatable bonds is 5. The number of hydrogen-bond donors (Lipinski definition) is 0. The lowest BCUT2D eigenvalue weighted by atomic mass is 10.1. The van der Waals surface area contributed by atoms with Crippen LogP contribution in [0.25, 0.3) is 0 Å². The maximum Gasteiger partial charge on any atom is 0.152 e. The summed E-state index contributed by atoms with van der Waals surface area (Å²) < 4.78 is 1.80. The highest BCUT2D eigenvalue weighted by atomic mass is 16.1. The average Bonchev–Trinajstić information content (AvgIpc) is 2.79. The van der Waals surface area contributed by atoms with Gasteiger partial charge in [-0.1, -0.05) is 29.8 Å². The Labute approximate surface area is 101 Å². The second-order valence-corrected chi connectivity index (χ2v) is 4.26. The van der Waals surface area contributed by atoms with Crippen molar-refractivity contribution >= 4 is 5.78 Å². The van der Waals surface area contributed by atoms with E-state index in [1.165, 1.54) is 11.1 Å². The maximum atomic E-state index is 11.7. The molecule has 3 nitrogen and oxygen atoms in total. The van der Waals surface area contributed by atoms with Crippen LogP contribution in [0.5, 0.6) is 0 Å². The van der Waals surface area contributed by atoms with E-state index >= 15 is 0 Å². The summed E-state index contributed by atoms with van der Waals surface area (Å²) in [6, 6.07) is 8.30. The molecule has 0 spiro atoms. The van der Waals surface area contributed by atoms with Crippen LogP contribution in [0.3, 0.4) is 0 Å². The number of carbonyl (C=O) groups is 1. The van der Waals surface area contributed by atoms with Gasteiger partial charge in [0.15, 0.2) is 5.78 Å². The van der Waals surface area contributed by atoms with E-state index in [0.29, 0.717) is 13.0 Å². The van der Waals surface area contributed by atoms with Crippen molar-refractivity contribution in [1.82, 2.24) is 9.55 Å². The lowest BCUT2D eigenvalue weighted by molar-refractivity contribution is -0.119. The molecule has 0 bridgehead atoms. The Hall–Kier alpha value is -1.90. The van der Waals surface area contributed by atoms with Gasteiger partial charge in [-0.25, -0.2) is 4.98 Å². The van der Waals surface area contributed by atoms with Crippen LogP contribution in [0, 0.1) is 6.92 Å². The molecule has 0 aliphatic heterocycles.